The first kappa shape index (κ1) is 18.3. The fourth-order valence-corrected chi connectivity index (χ4v) is 10.2. The fourth-order valence-electron chi connectivity index (χ4n) is 2.73. The summed E-state index contributed by atoms with van der Waals surface area (Å²) in [5.74, 6) is 0. The van der Waals surface area contributed by atoms with E-state index in [1.54, 1.807) is 22.7 Å². The van der Waals surface area contributed by atoms with E-state index in [-0.39, 0.29) is 0 Å². The molecule has 2 aromatic carbocycles. The van der Waals surface area contributed by atoms with Crippen LogP contribution in [0.1, 0.15) is 11.4 Å². The molecule has 5 rings (SSSR count). The van der Waals surface area contributed by atoms with Crippen LogP contribution in [-0.4, -0.2) is 39.9 Å². The third-order valence-electron chi connectivity index (χ3n) is 4.08. The molecule has 0 radical (unpaired) electrons. The average molecular weight is 528 g/mol. The number of hydrogen-bond donors (Lipinski definition) is 0. The molecule has 0 unspecified atom stereocenters. The molecule has 0 amide bonds. The van der Waals surface area contributed by atoms with Gasteiger partial charge in [0.15, 0.2) is 0 Å². The van der Waals surface area contributed by atoms with Crippen LogP contribution in [-0.2, 0) is 0 Å². The van der Waals surface area contributed by atoms with E-state index in [1.165, 1.54) is 19.0 Å². The van der Waals surface area contributed by atoms with Crippen LogP contribution < -0.4 is 0 Å². The van der Waals surface area contributed by atoms with Crippen molar-refractivity contribution in [2.24, 2.45) is 0 Å². The fraction of sp³-hybridized carbons (Fsp3) is 0. The quantitative estimate of drug-likeness (QED) is 0.320. The van der Waals surface area contributed by atoms with E-state index in [4.69, 9.17) is 9.97 Å². The molecule has 0 spiro atoms. The van der Waals surface area contributed by atoms with E-state index in [1.807, 2.05) is 12.1 Å². The molecule has 0 saturated carbocycles. The van der Waals surface area contributed by atoms with Gasteiger partial charge in [0, 0.05) is 0 Å². The van der Waals surface area contributed by atoms with Crippen LogP contribution in [0.3, 0.4) is 0 Å². The first-order valence-electron chi connectivity index (χ1n) is 8.64. The zero-order valence-corrected chi connectivity index (χ0v) is 19.7. The van der Waals surface area contributed by atoms with Crippen molar-refractivity contribution in [1.82, 2.24) is 9.97 Å². The van der Waals surface area contributed by atoms with Gasteiger partial charge in [-0.15, -0.1) is 0 Å². The van der Waals surface area contributed by atoms with Crippen molar-refractivity contribution < 1.29 is 0 Å². The Hall–Kier alpha value is -1.78. The van der Waals surface area contributed by atoms with Gasteiger partial charge in [0.2, 0.25) is 0 Å². The van der Waals surface area contributed by atoms with Crippen molar-refractivity contribution in [2.75, 3.05) is 0 Å². The van der Waals surface area contributed by atoms with Crippen molar-refractivity contribution in [3.8, 4) is 21.1 Å². The normalized spacial score (nSPS) is 15.1. The summed E-state index contributed by atoms with van der Waals surface area (Å²) in [6.45, 7) is 0. The molecule has 6 heteroatoms. The topological polar surface area (TPSA) is 25.8 Å². The number of benzene rings is 2. The van der Waals surface area contributed by atoms with Gasteiger partial charge in [0.1, 0.15) is 0 Å². The van der Waals surface area contributed by atoms with Crippen LogP contribution in [0.25, 0.3) is 31.7 Å². The number of aromatic nitrogens is 2. The Morgan fingerprint density at radius 1 is 0.750 bits per heavy atom. The summed E-state index contributed by atoms with van der Waals surface area (Å²) < 4.78 is 2.94. The molecule has 0 atom stereocenters. The summed E-state index contributed by atoms with van der Waals surface area (Å²) in [4.78, 5) is 12.1. The van der Waals surface area contributed by atoms with Gasteiger partial charge in [-0.25, -0.2) is 0 Å². The number of hydrogen-bond acceptors (Lipinski definition) is 4. The Morgan fingerprint density at radius 2 is 1.39 bits per heavy atom. The second-order valence-corrected chi connectivity index (χ2v) is 13.2. The van der Waals surface area contributed by atoms with Crippen molar-refractivity contribution >= 4 is 63.1 Å². The first-order chi connectivity index (χ1) is 13.8. The molecule has 2 nitrogen and oxygen atoms in total. The van der Waals surface area contributed by atoms with Crippen LogP contribution in [0.5, 0.6) is 0 Å². The molecule has 28 heavy (non-hydrogen) atoms. The van der Waals surface area contributed by atoms with Gasteiger partial charge in [-0.1, -0.05) is 0 Å². The molecule has 0 aliphatic carbocycles. The molecule has 2 aromatic heterocycles. The van der Waals surface area contributed by atoms with Crippen molar-refractivity contribution in [2.45, 2.75) is 0 Å². The van der Waals surface area contributed by atoms with E-state index in [9.17, 15) is 0 Å². The zero-order chi connectivity index (χ0) is 18.8. The maximum absolute atomic E-state index is 4.88. The predicted molar refractivity (Wildman–Crippen MR) is 123 cm³/mol. The van der Waals surface area contributed by atoms with E-state index >= 15 is 0 Å². The summed E-state index contributed by atoms with van der Waals surface area (Å²) in [5.41, 5.74) is 4.62. The number of thiazole rings is 2. The maximum atomic E-state index is 4.88. The summed E-state index contributed by atoms with van der Waals surface area (Å²) in [5, 5.41) is 6.55. The van der Waals surface area contributed by atoms with Crippen molar-refractivity contribution in [1.29, 1.82) is 0 Å². The number of nitrogens with zero attached hydrogens (tertiary/aromatic N) is 2. The Balaban J connectivity index is 1.31. The molecule has 1 aliphatic heterocycles. The van der Waals surface area contributed by atoms with E-state index in [0.717, 1.165) is 21.4 Å². The molecular weight excluding hydrogens is 514 g/mol. The molecule has 0 saturated heterocycles. The van der Waals surface area contributed by atoms with E-state index in [0.29, 0.717) is 29.9 Å². The molecular formula is C22H14N2S2Se2. The van der Waals surface area contributed by atoms with Crippen molar-refractivity contribution in [3.05, 3.63) is 91.2 Å². The average Bonchev–Trinajstić information content (AvgIpc) is 3.50. The van der Waals surface area contributed by atoms with Gasteiger partial charge < -0.3 is 0 Å². The minimum absolute atomic E-state index is 0.346. The first-order valence-corrected chi connectivity index (χ1v) is 14.0. The minimum atomic E-state index is 0.346. The van der Waals surface area contributed by atoms with Gasteiger partial charge in [-0.05, 0) is 0 Å². The van der Waals surface area contributed by atoms with Gasteiger partial charge in [-0.3, -0.25) is 0 Å². The van der Waals surface area contributed by atoms with Crippen molar-refractivity contribution in [3.63, 3.8) is 0 Å². The third kappa shape index (κ3) is 3.99. The Kier molecular flexibility index (Phi) is 5.41. The zero-order valence-electron chi connectivity index (χ0n) is 14.6. The molecule has 0 N–H and O–H groups in total. The molecule has 1 aliphatic rings. The van der Waals surface area contributed by atoms with Crippen LogP contribution >= 0.6 is 22.7 Å². The summed E-state index contributed by atoms with van der Waals surface area (Å²) in [6, 6.07) is 20.8. The molecule has 3 heterocycles. The molecule has 0 bridgehead atoms. The Morgan fingerprint density at radius 3 is 2.11 bits per heavy atom. The SMILES string of the molecule is C1=C(c2csc(-c3ccccc3)n2)[Se]/C(=C\c2csc(-c3ccccc3)n2)[Se]1. The Bertz CT molecular complexity index is 1160. The van der Waals surface area contributed by atoms with E-state index < -0.39 is 0 Å². The number of rotatable bonds is 4. The van der Waals surface area contributed by atoms with Gasteiger partial charge in [0.25, 0.3) is 0 Å². The summed E-state index contributed by atoms with van der Waals surface area (Å²) >= 11 is 4.20. The second-order valence-electron chi connectivity index (χ2n) is 6.01. The van der Waals surface area contributed by atoms with Crippen LogP contribution in [0, 0.1) is 0 Å². The summed E-state index contributed by atoms with van der Waals surface area (Å²) in [6.07, 6.45) is 2.29. The standard InChI is InChI=1S/C22H14N2S2Se2/c1-3-7-15(8-4-1)21-23-17(12-25-21)11-20-27-14-19(28-20)18-13-26-22(24-18)16-9-5-2-6-10-16/h1-14H/b20-11-. The van der Waals surface area contributed by atoms with Crippen LogP contribution in [0.2, 0.25) is 0 Å². The molecule has 4 aromatic rings. The van der Waals surface area contributed by atoms with Crippen LogP contribution in [0.15, 0.2) is 79.8 Å². The predicted octanol–water partition coefficient (Wildman–Crippen LogP) is 5.65. The van der Waals surface area contributed by atoms with E-state index in [2.05, 4.69) is 70.3 Å². The molecule has 136 valence electrons. The summed E-state index contributed by atoms with van der Waals surface area (Å²) in [7, 11) is 0. The Labute approximate surface area is 184 Å². The van der Waals surface area contributed by atoms with Gasteiger partial charge in [0.05, 0.1) is 0 Å². The van der Waals surface area contributed by atoms with Gasteiger partial charge >= 0.3 is 185 Å². The molecule has 0 fully saturated rings. The third-order valence-corrected chi connectivity index (χ3v) is 11.9. The monoisotopic (exact) mass is 530 g/mol. The second kappa shape index (κ2) is 8.30. The van der Waals surface area contributed by atoms with Gasteiger partial charge in [-0.2, -0.15) is 0 Å². The van der Waals surface area contributed by atoms with Crippen LogP contribution in [0.4, 0.5) is 0 Å².